The van der Waals surface area contributed by atoms with Crippen LogP contribution in [-0.4, -0.2) is 42.4 Å². The van der Waals surface area contributed by atoms with Crippen molar-refractivity contribution in [2.75, 3.05) is 21.3 Å². The zero-order valence-electron chi connectivity index (χ0n) is 10.0. The monoisotopic (exact) mass is 272 g/mol. The largest absolute Gasteiger partial charge is 0.514 e. The molecule has 0 aromatic carbocycles. The van der Waals surface area contributed by atoms with Crippen molar-refractivity contribution in [1.82, 2.24) is 9.97 Å². The Kier molecular flexibility index (Phi) is 5.25. The third-order valence-corrected chi connectivity index (χ3v) is 2.64. The molecule has 98 valence electrons. The van der Waals surface area contributed by atoms with Crippen molar-refractivity contribution in [3.8, 4) is 11.8 Å². The van der Waals surface area contributed by atoms with Crippen LogP contribution in [0.1, 0.15) is 0 Å². The van der Waals surface area contributed by atoms with E-state index < -0.39 is 5.97 Å². The van der Waals surface area contributed by atoms with Crippen LogP contribution >= 0.6 is 11.8 Å². The highest BCUT2D eigenvalue weighted by Gasteiger charge is 2.15. The molecule has 1 aromatic rings. The molecule has 0 radical (unpaired) electrons. The average Bonchev–Trinajstić information content (AvgIpc) is 2.43. The zero-order chi connectivity index (χ0) is 13.5. The van der Waals surface area contributed by atoms with E-state index in [1.54, 1.807) is 0 Å². The Morgan fingerprint density at radius 3 is 2.22 bits per heavy atom. The lowest BCUT2D eigenvalue weighted by Gasteiger charge is -2.06. The smallest absolute Gasteiger partial charge is 0.347 e. The summed E-state index contributed by atoms with van der Waals surface area (Å²) in [7, 11) is 4.10. The van der Waals surface area contributed by atoms with Crippen molar-refractivity contribution in [3.63, 3.8) is 0 Å². The minimum absolute atomic E-state index is 0.0483. The number of aliphatic hydroxyl groups excluding tert-OH is 1. The number of carbonyl (C=O) groups excluding carboxylic acids is 1. The molecule has 0 aliphatic carbocycles. The number of esters is 1. The maximum absolute atomic E-state index is 11.3. The molecule has 18 heavy (non-hydrogen) atoms. The van der Waals surface area contributed by atoms with Gasteiger partial charge in [-0.15, -0.1) is 0 Å². The van der Waals surface area contributed by atoms with Crippen LogP contribution in [-0.2, 0) is 9.53 Å². The normalized spacial score (nSPS) is 10.9. The molecule has 0 saturated heterocycles. The van der Waals surface area contributed by atoms with Gasteiger partial charge in [-0.25, -0.2) is 4.79 Å². The van der Waals surface area contributed by atoms with E-state index in [1.165, 1.54) is 27.4 Å². The highest BCUT2D eigenvalue weighted by atomic mass is 32.2. The van der Waals surface area contributed by atoms with Gasteiger partial charge < -0.3 is 19.3 Å². The fourth-order valence-electron chi connectivity index (χ4n) is 0.958. The molecule has 0 aliphatic heterocycles. The lowest BCUT2D eigenvalue weighted by molar-refractivity contribution is -0.135. The van der Waals surface area contributed by atoms with Crippen LogP contribution in [0.2, 0.25) is 0 Å². The Hall–Kier alpha value is -1.96. The second-order valence-electron chi connectivity index (χ2n) is 2.82. The van der Waals surface area contributed by atoms with Gasteiger partial charge in [-0.05, 0) is 11.8 Å². The molecule has 1 rings (SSSR count). The van der Waals surface area contributed by atoms with E-state index in [9.17, 15) is 4.79 Å². The van der Waals surface area contributed by atoms with Crippen LogP contribution in [0.4, 0.5) is 0 Å². The molecule has 0 fully saturated rings. The fraction of sp³-hybridized carbons (Fsp3) is 0.300. The number of thioether (sulfide) groups is 1. The minimum atomic E-state index is -0.687. The van der Waals surface area contributed by atoms with Gasteiger partial charge in [0.05, 0.1) is 27.4 Å². The molecule has 1 heterocycles. The molecule has 0 unspecified atom stereocenters. The molecular formula is C10H12N2O5S. The summed E-state index contributed by atoms with van der Waals surface area (Å²) in [4.78, 5) is 19.2. The quantitative estimate of drug-likeness (QED) is 0.281. The van der Waals surface area contributed by atoms with Crippen LogP contribution in [0.15, 0.2) is 22.4 Å². The summed E-state index contributed by atoms with van der Waals surface area (Å²) in [6.45, 7) is 0. The lowest BCUT2D eigenvalue weighted by Crippen LogP contribution is -2.03. The van der Waals surface area contributed by atoms with Crippen molar-refractivity contribution in [1.29, 1.82) is 0 Å². The first kappa shape index (κ1) is 14.1. The van der Waals surface area contributed by atoms with E-state index >= 15 is 0 Å². The fourth-order valence-corrected chi connectivity index (χ4v) is 1.65. The van der Waals surface area contributed by atoms with E-state index in [4.69, 9.17) is 14.6 Å². The summed E-state index contributed by atoms with van der Waals surface area (Å²) in [5, 5.41) is 9.13. The predicted octanol–water partition coefficient (Wildman–Crippen LogP) is 1.16. The number of nitrogens with zero attached hydrogens (tertiary/aromatic N) is 2. The number of ether oxygens (including phenoxy) is 3. The van der Waals surface area contributed by atoms with Crippen LogP contribution in [0.25, 0.3) is 0 Å². The van der Waals surface area contributed by atoms with E-state index in [-0.39, 0.29) is 21.8 Å². The topological polar surface area (TPSA) is 90.8 Å². The highest BCUT2D eigenvalue weighted by molar-refractivity contribution is 8.03. The number of rotatable bonds is 5. The van der Waals surface area contributed by atoms with E-state index in [2.05, 4.69) is 14.7 Å². The molecule has 1 N–H and O–H groups in total. The number of aliphatic hydroxyl groups is 1. The van der Waals surface area contributed by atoms with Gasteiger partial charge in [0.25, 0.3) is 0 Å². The van der Waals surface area contributed by atoms with E-state index in [1.807, 2.05) is 0 Å². The second-order valence-corrected chi connectivity index (χ2v) is 3.83. The molecule has 1 aromatic heterocycles. The number of carbonyl (C=O) groups is 1. The van der Waals surface area contributed by atoms with Gasteiger partial charge in [-0.1, -0.05) is 0 Å². The molecule has 0 saturated carbocycles. The Labute approximate surface area is 108 Å². The van der Waals surface area contributed by atoms with Crippen LogP contribution < -0.4 is 9.47 Å². The van der Waals surface area contributed by atoms with Crippen molar-refractivity contribution < 1.29 is 24.1 Å². The molecule has 0 atom stereocenters. The van der Waals surface area contributed by atoms with Crippen LogP contribution in [0.3, 0.4) is 0 Å². The second kappa shape index (κ2) is 6.70. The SMILES string of the molecule is COC(=O)/C(=C/O)Sc1nc(OC)cc(OC)n1. The first-order chi connectivity index (χ1) is 8.64. The van der Waals surface area contributed by atoms with Gasteiger partial charge in [0, 0.05) is 0 Å². The number of aromatic nitrogens is 2. The summed E-state index contributed by atoms with van der Waals surface area (Å²) < 4.78 is 14.4. The van der Waals surface area contributed by atoms with Crippen molar-refractivity contribution in [2.45, 2.75) is 5.16 Å². The summed E-state index contributed by atoms with van der Waals surface area (Å²) in [6, 6.07) is 1.49. The molecule has 7 nitrogen and oxygen atoms in total. The Morgan fingerprint density at radius 2 is 1.83 bits per heavy atom. The highest BCUT2D eigenvalue weighted by Crippen LogP contribution is 2.27. The molecule has 0 amide bonds. The summed E-state index contributed by atoms with van der Waals surface area (Å²) in [6.07, 6.45) is 0.631. The van der Waals surface area contributed by atoms with Gasteiger partial charge in [0.2, 0.25) is 11.8 Å². The van der Waals surface area contributed by atoms with Crippen molar-refractivity contribution in [3.05, 3.63) is 17.2 Å². The predicted molar refractivity (Wildman–Crippen MR) is 63.7 cm³/mol. The number of hydrogen-bond acceptors (Lipinski definition) is 8. The molecule has 0 aliphatic rings. The number of hydrogen-bond donors (Lipinski definition) is 1. The van der Waals surface area contributed by atoms with Crippen LogP contribution in [0.5, 0.6) is 11.8 Å². The third-order valence-electron chi connectivity index (χ3n) is 1.78. The first-order valence-electron chi connectivity index (χ1n) is 4.72. The number of methoxy groups -OCH3 is 3. The molecular weight excluding hydrogens is 260 g/mol. The summed E-state index contributed by atoms with van der Waals surface area (Å²) in [5.74, 6) is -0.120. The van der Waals surface area contributed by atoms with E-state index in [0.717, 1.165) is 11.8 Å². The maximum atomic E-state index is 11.3. The standard InChI is InChI=1S/C10H12N2O5S/c1-15-7-4-8(16-2)12-10(11-7)18-6(5-13)9(14)17-3/h4-5,13H,1-3H3/b6-5-. The zero-order valence-corrected chi connectivity index (χ0v) is 10.9. The molecule has 0 spiro atoms. The third kappa shape index (κ3) is 3.52. The summed E-state index contributed by atoms with van der Waals surface area (Å²) >= 11 is 0.835. The minimum Gasteiger partial charge on any atom is -0.514 e. The average molecular weight is 272 g/mol. The van der Waals surface area contributed by atoms with Gasteiger partial charge >= 0.3 is 5.97 Å². The van der Waals surface area contributed by atoms with Gasteiger partial charge in [0.15, 0.2) is 5.16 Å². The molecule has 8 heteroatoms. The van der Waals surface area contributed by atoms with Gasteiger partial charge in [-0.2, -0.15) is 9.97 Å². The van der Waals surface area contributed by atoms with Gasteiger partial charge in [-0.3, -0.25) is 0 Å². The van der Waals surface area contributed by atoms with Crippen LogP contribution in [0, 0.1) is 0 Å². The lowest BCUT2D eigenvalue weighted by atomic mass is 10.6. The van der Waals surface area contributed by atoms with Crippen molar-refractivity contribution in [2.24, 2.45) is 0 Å². The van der Waals surface area contributed by atoms with E-state index in [0.29, 0.717) is 6.26 Å². The Bertz CT molecular complexity index is 441. The first-order valence-corrected chi connectivity index (χ1v) is 5.53. The maximum Gasteiger partial charge on any atom is 0.347 e. The Morgan fingerprint density at radius 1 is 1.28 bits per heavy atom. The molecule has 0 bridgehead atoms. The summed E-state index contributed by atoms with van der Waals surface area (Å²) in [5.41, 5.74) is 0. The Balaban J connectivity index is 2.99. The van der Waals surface area contributed by atoms with Gasteiger partial charge in [0.1, 0.15) is 11.2 Å². The van der Waals surface area contributed by atoms with Crippen molar-refractivity contribution >= 4 is 17.7 Å².